The minimum atomic E-state index is -0.545. The normalized spacial score (nSPS) is 22.8. The molecule has 0 aliphatic heterocycles. The molecule has 0 radical (unpaired) electrons. The zero-order chi connectivity index (χ0) is 25.5. The van der Waals surface area contributed by atoms with Crippen molar-refractivity contribution in [2.45, 2.75) is 69.4 Å². The van der Waals surface area contributed by atoms with E-state index in [4.69, 9.17) is 15.6 Å². The molecule has 5 rings (SSSR count). The molecule has 1 aromatic heterocycles. The molecule has 3 aromatic rings. The SMILES string of the molecule is C#CC1CC(OC(=O)C2(c3ccccc3)CCCCCC2)C1CCNCc1nnc(-c2ccccc2)o1. The largest absolute Gasteiger partial charge is 0.461 e. The first-order valence-electron chi connectivity index (χ1n) is 13.5. The minimum Gasteiger partial charge on any atom is -0.461 e. The van der Waals surface area contributed by atoms with Crippen molar-refractivity contribution in [1.82, 2.24) is 15.5 Å². The first-order valence-corrected chi connectivity index (χ1v) is 13.5. The van der Waals surface area contributed by atoms with Crippen LogP contribution in [0.1, 0.15) is 62.8 Å². The summed E-state index contributed by atoms with van der Waals surface area (Å²) in [7, 11) is 0. The summed E-state index contributed by atoms with van der Waals surface area (Å²) < 4.78 is 12.0. The Morgan fingerprint density at radius 2 is 1.73 bits per heavy atom. The Morgan fingerprint density at radius 1 is 1.03 bits per heavy atom. The number of terminal acetylenes is 1. The fourth-order valence-corrected chi connectivity index (χ4v) is 5.81. The van der Waals surface area contributed by atoms with Crippen LogP contribution in [0.3, 0.4) is 0 Å². The van der Waals surface area contributed by atoms with Gasteiger partial charge in [-0.25, -0.2) is 0 Å². The smallest absolute Gasteiger partial charge is 0.316 e. The van der Waals surface area contributed by atoms with Gasteiger partial charge < -0.3 is 14.5 Å². The fraction of sp³-hybridized carbons (Fsp3) is 0.452. The maximum absolute atomic E-state index is 13.7. The van der Waals surface area contributed by atoms with E-state index >= 15 is 0 Å². The predicted octanol–water partition coefficient (Wildman–Crippen LogP) is 5.69. The third-order valence-electron chi connectivity index (χ3n) is 8.05. The second kappa shape index (κ2) is 11.7. The number of esters is 1. The van der Waals surface area contributed by atoms with Crippen molar-refractivity contribution in [3.05, 3.63) is 72.1 Å². The molecule has 0 amide bonds. The van der Waals surface area contributed by atoms with Crippen LogP contribution in [-0.2, 0) is 21.5 Å². The van der Waals surface area contributed by atoms with Gasteiger partial charge in [0.05, 0.1) is 12.0 Å². The molecule has 0 spiro atoms. The van der Waals surface area contributed by atoms with Crippen molar-refractivity contribution in [2.75, 3.05) is 6.54 Å². The van der Waals surface area contributed by atoms with Crippen LogP contribution in [0.5, 0.6) is 0 Å². The number of hydrogen-bond donors (Lipinski definition) is 1. The minimum absolute atomic E-state index is 0.0710. The Balaban J connectivity index is 1.17. The van der Waals surface area contributed by atoms with Gasteiger partial charge >= 0.3 is 5.97 Å². The molecule has 37 heavy (non-hydrogen) atoms. The molecule has 3 unspecified atom stereocenters. The Kier molecular flexibility index (Phi) is 8.01. The maximum atomic E-state index is 13.7. The van der Waals surface area contributed by atoms with Crippen molar-refractivity contribution in [2.24, 2.45) is 11.8 Å². The van der Waals surface area contributed by atoms with Crippen LogP contribution in [0.15, 0.2) is 65.1 Å². The summed E-state index contributed by atoms with van der Waals surface area (Å²) in [5, 5.41) is 11.7. The summed E-state index contributed by atoms with van der Waals surface area (Å²) in [6, 6.07) is 19.9. The molecule has 2 saturated carbocycles. The van der Waals surface area contributed by atoms with Crippen molar-refractivity contribution in [3.8, 4) is 23.8 Å². The first-order chi connectivity index (χ1) is 18.2. The summed E-state index contributed by atoms with van der Waals surface area (Å²) in [6.07, 6.45) is 13.4. The summed E-state index contributed by atoms with van der Waals surface area (Å²) in [5.74, 6) is 4.18. The van der Waals surface area contributed by atoms with E-state index in [1.54, 1.807) is 0 Å². The molecule has 2 fully saturated rings. The third-order valence-corrected chi connectivity index (χ3v) is 8.05. The highest BCUT2D eigenvalue weighted by Crippen LogP contribution is 2.44. The summed E-state index contributed by atoms with van der Waals surface area (Å²) >= 11 is 0. The van der Waals surface area contributed by atoms with E-state index < -0.39 is 5.41 Å². The first kappa shape index (κ1) is 25.2. The van der Waals surface area contributed by atoms with E-state index in [0.29, 0.717) is 18.3 Å². The van der Waals surface area contributed by atoms with Gasteiger partial charge in [-0.1, -0.05) is 74.2 Å². The van der Waals surface area contributed by atoms with E-state index in [9.17, 15) is 4.79 Å². The predicted molar refractivity (Wildman–Crippen MR) is 142 cm³/mol. The summed E-state index contributed by atoms with van der Waals surface area (Å²) in [5.41, 5.74) is 1.44. The third kappa shape index (κ3) is 5.62. The lowest BCUT2D eigenvalue weighted by molar-refractivity contribution is -0.169. The van der Waals surface area contributed by atoms with Crippen molar-refractivity contribution in [3.63, 3.8) is 0 Å². The average molecular weight is 498 g/mol. The van der Waals surface area contributed by atoms with Crippen LogP contribution in [0, 0.1) is 24.2 Å². The van der Waals surface area contributed by atoms with Gasteiger partial charge in [0.15, 0.2) is 0 Å². The van der Waals surface area contributed by atoms with Crippen LogP contribution in [0.2, 0.25) is 0 Å². The van der Waals surface area contributed by atoms with Crippen molar-refractivity contribution < 1.29 is 13.9 Å². The van der Waals surface area contributed by atoms with E-state index in [1.807, 2.05) is 48.5 Å². The number of carbonyl (C=O) groups is 1. The van der Waals surface area contributed by atoms with Gasteiger partial charge in [0.1, 0.15) is 6.10 Å². The zero-order valence-electron chi connectivity index (χ0n) is 21.3. The number of ether oxygens (including phenoxy) is 1. The lowest BCUT2D eigenvalue weighted by atomic mass is 9.69. The molecule has 2 aliphatic rings. The molecule has 2 aliphatic carbocycles. The van der Waals surface area contributed by atoms with E-state index in [0.717, 1.165) is 56.2 Å². The molecule has 0 bridgehead atoms. The van der Waals surface area contributed by atoms with Gasteiger partial charge in [-0.2, -0.15) is 0 Å². The lowest BCUT2D eigenvalue weighted by Gasteiger charge is -2.43. The molecule has 2 aromatic carbocycles. The van der Waals surface area contributed by atoms with Crippen LogP contribution in [0.25, 0.3) is 11.5 Å². The summed E-state index contributed by atoms with van der Waals surface area (Å²) in [4.78, 5) is 13.7. The van der Waals surface area contributed by atoms with Crippen LogP contribution in [-0.4, -0.2) is 28.8 Å². The number of rotatable bonds is 9. The van der Waals surface area contributed by atoms with Gasteiger partial charge in [0.25, 0.3) is 0 Å². The molecule has 0 saturated heterocycles. The second-order valence-electron chi connectivity index (χ2n) is 10.3. The topological polar surface area (TPSA) is 77.2 Å². The zero-order valence-corrected chi connectivity index (χ0v) is 21.3. The van der Waals surface area contributed by atoms with Crippen LogP contribution >= 0.6 is 0 Å². The molecule has 1 N–H and O–H groups in total. The molecule has 1 heterocycles. The second-order valence-corrected chi connectivity index (χ2v) is 10.3. The number of aromatic nitrogens is 2. The molecule has 192 valence electrons. The number of nitrogens with one attached hydrogen (secondary N) is 1. The van der Waals surface area contributed by atoms with Gasteiger partial charge in [0.2, 0.25) is 11.8 Å². The molecule has 6 heteroatoms. The molecular formula is C31H35N3O3. The Labute approximate surface area is 219 Å². The highest BCUT2D eigenvalue weighted by Gasteiger charge is 2.47. The van der Waals surface area contributed by atoms with Crippen LogP contribution in [0.4, 0.5) is 0 Å². The van der Waals surface area contributed by atoms with Gasteiger partial charge in [-0.05, 0) is 49.9 Å². The molecule has 3 atom stereocenters. The highest BCUT2D eigenvalue weighted by molar-refractivity contribution is 5.83. The number of carbonyl (C=O) groups excluding carboxylic acids is 1. The number of benzene rings is 2. The molecule has 6 nitrogen and oxygen atoms in total. The van der Waals surface area contributed by atoms with Crippen molar-refractivity contribution >= 4 is 5.97 Å². The monoisotopic (exact) mass is 497 g/mol. The average Bonchev–Trinajstić information content (AvgIpc) is 3.26. The fourth-order valence-electron chi connectivity index (χ4n) is 5.81. The lowest BCUT2D eigenvalue weighted by Crippen LogP contribution is -2.48. The number of hydrogen-bond acceptors (Lipinski definition) is 6. The maximum Gasteiger partial charge on any atom is 0.316 e. The van der Waals surface area contributed by atoms with E-state index in [-0.39, 0.29) is 23.9 Å². The van der Waals surface area contributed by atoms with Gasteiger partial charge in [0, 0.05) is 17.4 Å². The van der Waals surface area contributed by atoms with Crippen molar-refractivity contribution in [1.29, 1.82) is 0 Å². The number of nitrogens with zero attached hydrogens (tertiary/aromatic N) is 2. The molecular weight excluding hydrogens is 462 g/mol. The highest BCUT2D eigenvalue weighted by atomic mass is 16.5. The Bertz CT molecular complexity index is 1190. The van der Waals surface area contributed by atoms with Gasteiger partial charge in [-0.3, -0.25) is 4.79 Å². The summed E-state index contributed by atoms with van der Waals surface area (Å²) in [6.45, 7) is 1.21. The Hall–Kier alpha value is -3.43. The van der Waals surface area contributed by atoms with E-state index in [1.165, 1.54) is 12.8 Å². The van der Waals surface area contributed by atoms with Gasteiger partial charge in [-0.15, -0.1) is 22.5 Å². The standard InChI is InChI=1S/C31H35N3O3/c1-2-23-21-27(36-30(35)31(18-11-3-4-12-19-31)25-15-9-6-10-16-25)26(23)17-20-32-22-28-33-34-29(37-28)24-13-7-5-8-14-24/h1,5-10,13-16,23,26-27,32H,3-4,11-12,17-22H2. The van der Waals surface area contributed by atoms with Crippen LogP contribution < -0.4 is 5.32 Å². The quantitative estimate of drug-likeness (QED) is 0.177. The Morgan fingerprint density at radius 3 is 2.43 bits per heavy atom. The van der Waals surface area contributed by atoms with E-state index in [2.05, 4.69) is 33.6 Å².